The van der Waals surface area contributed by atoms with E-state index in [2.05, 4.69) is 0 Å². The van der Waals surface area contributed by atoms with E-state index in [-0.39, 0.29) is 22.5 Å². The van der Waals surface area contributed by atoms with Crippen LogP contribution < -0.4 is 10.2 Å². The van der Waals surface area contributed by atoms with Crippen LogP contribution in [0.4, 0.5) is 0 Å². The van der Waals surface area contributed by atoms with Gasteiger partial charge in [-0.3, -0.25) is 9.59 Å². The summed E-state index contributed by atoms with van der Waals surface area (Å²) in [6.45, 7) is 1.45. The largest absolute Gasteiger partial charge is 0.497 e. The van der Waals surface area contributed by atoms with E-state index < -0.39 is 17.5 Å². The highest BCUT2D eigenvalue weighted by molar-refractivity contribution is 6.31. The van der Waals surface area contributed by atoms with Crippen molar-refractivity contribution >= 4 is 34.3 Å². The Hall–Kier alpha value is -3.12. The average molecular weight is 387 g/mol. The molecule has 0 saturated heterocycles. The highest BCUT2D eigenvalue weighted by Crippen LogP contribution is 2.19. The predicted molar refractivity (Wildman–Crippen MR) is 99.7 cm³/mol. The van der Waals surface area contributed by atoms with Crippen molar-refractivity contribution in [1.82, 2.24) is 0 Å². The van der Waals surface area contributed by atoms with Gasteiger partial charge < -0.3 is 13.9 Å². The van der Waals surface area contributed by atoms with Crippen LogP contribution in [0.2, 0.25) is 5.02 Å². The van der Waals surface area contributed by atoms with Crippen LogP contribution in [0.25, 0.3) is 11.0 Å². The van der Waals surface area contributed by atoms with E-state index in [9.17, 15) is 14.4 Å². The molecule has 6 nitrogen and oxygen atoms in total. The van der Waals surface area contributed by atoms with Gasteiger partial charge in [-0.1, -0.05) is 11.6 Å². The van der Waals surface area contributed by atoms with Crippen LogP contribution in [0.3, 0.4) is 0 Å². The number of carbonyl (C=O) groups excluding carboxylic acids is 2. The molecule has 3 aromatic rings. The molecule has 1 heterocycles. The van der Waals surface area contributed by atoms with E-state index in [1.54, 1.807) is 24.3 Å². The summed E-state index contributed by atoms with van der Waals surface area (Å²) in [7, 11) is 1.52. The number of methoxy groups -OCH3 is 1. The number of ether oxygens (including phenoxy) is 2. The Balaban J connectivity index is 1.79. The molecule has 0 saturated carbocycles. The smallest absolute Gasteiger partial charge is 0.375 e. The summed E-state index contributed by atoms with van der Waals surface area (Å²) in [5, 5.41) is 0.630. The summed E-state index contributed by atoms with van der Waals surface area (Å²) in [6, 6.07) is 11.9. The minimum Gasteiger partial charge on any atom is -0.497 e. The number of rotatable bonds is 5. The molecule has 0 radical (unpaired) electrons. The highest BCUT2D eigenvalue weighted by atomic mass is 35.5. The van der Waals surface area contributed by atoms with Crippen molar-refractivity contribution in [3.63, 3.8) is 0 Å². The zero-order valence-corrected chi connectivity index (χ0v) is 15.3. The number of esters is 1. The molecular formula is C20H15ClO6. The first-order valence-electron chi connectivity index (χ1n) is 8.01. The van der Waals surface area contributed by atoms with Crippen LogP contribution in [-0.4, -0.2) is 25.0 Å². The molecule has 0 aliphatic heterocycles. The fourth-order valence-electron chi connectivity index (χ4n) is 2.49. The second-order valence-electron chi connectivity index (χ2n) is 5.76. The Morgan fingerprint density at radius 1 is 1.07 bits per heavy atom. The van der Waals surface area contributed by atoms with E-state index >= 15 is 0 Å². The van der Waals surface area contributed by atoms with Crippen LogP contribution in [0.1, 0.15) is 27.8 Å². The fraction of sp³-hybridized carbons (Fsp3) is 0.150. The molecular weight excluding hydrogens is 372 g/mol. The topological polar surface area (TPSA) is 82.8 Å². The molecule has 3 rings (SSSR count). The number of halogens is 1. The van der Waals surface area contributed by atoms with Gasteiger partial charge in [0.1, 0.15) is 11.3 Å². The van der Waals surface area contributed by atoms with E-state index in [0.29, 0.717) is 16.3 Å². The van der Waals surface area contributed by atoms with Gasteiger partial charge in [-0.15, -0.1) is 0 Å². The number of hydrogen-bond donors (Lipinski definition) is 0. The molecule has 0 aliphatic rings. The lowest BCUT2D eigenvalue weighted by Crippen LogP contribution is -2.25. The quantitative estimate of drug-likeness (QED) is 0.488. The maximum atomic E-state index is 12.4. The first-order valence-corrected chi connectivity index (χ1v) is 8.39. The molecule has 1 atom stereocenters. The van der Waals surface area contributed by atoms with Gasteiger partial charge >= 0.3 is 5.97 Å². The SMILES string of the molecule is COc1ccc(C(=O)[C@@H](C)OC(=O)c2cc(=O)c3cc(Cl)ccc3o2)cc1. The second kappa shape index (κ2) is 7.63. The summed E-state index contributed by atoms with van der Waals surface area (Å²) in [5.41, 5.74) is 0.138. The second-order valence-corrected chi connectivity index (χ2v) is 6.19. The van der Waals surface area contributed by atoms with Crippen LogP contribution in [0, 0.1) is 0 Å². The molecule has 0 N–H and O–H groups in total. The van der Waals surface area contributed by atoms with Crippen molar-refractivity contribution in [2.45, 2.75) is 13.0 Å². The van der Waals surface area contributed by atoms with E-state index in [4.69, 9.17) is 25.5 Å². The summed E-state index contributed by atoms with van der Waals surface area (Å²) in [6.07, 6.45) is -1.06. The first-order chi connectivity index (χ1) is 12.9. The summed E-state index contributed by atoms with van der Waals surface area (Å²) >= 11 is 5.86. The van der Waals surface area contributed by atoms with Crippen LogP contribution in [0.5, 0.6) is 5.75 Å². The Bertz CT molecular complexity index is 1070. The van der Waals surface area contributed by atoms with Gasteiger partial charge in [0.15, 0.2) is 11.5 Å². The minimum absolute atomic E-state index is 0.202. The predicted octanol–water partition coefficient (Wildman–Crippen LogP) is 3.88. The standard InChI is InChI=1S/C20H15ClO6/c1-11(19(23)12-3-6-14(25-2)7-4-12)26-20(24)18-10-16(22)15-9-13(21)5-8-17(15)27-18/h3-11H,1-2H3/t11-/m1/s1. The summed E-state index contributed by atoms with van der Waals surface area (Å²) < 4.78 is 15.6. The van der Waals surface area contributed by atoms with Gasteiger partial charge in [0.05, 0.1) is 12.5 Å². The third-order valence-corrected chi connectivity index (χ3v) is 4.15. The molecule has 0 spiro atoms. The third kappa shape index (κ3) is 4.01. The molecule has 0 bridgehead atoms. The zero-order valence-electron chi connectivity index (χ0n) is 14.5. The number of hydrogen-bond acceptors (Lipinski definition) is 6. The molecule has 0 amide bonds. The Kier molecular flexibility index (Phi) is 5.28. The Morgan fingerprint density at radius 2 is 1.78 bits per heavy atom. The molecule has 0 fully saturated rings. The molecule has 7 heteroatoms. The molecule has 1 aromatic heterocycles. The maximum Gasteiger partial charge on any atom is 0.375 e. The highest BCUT2D eigenvalue weighted by Gasteiger charge is 2.22. The summed E-state index contributed by atoms with van der Waals surface area (Å²) in [5.74, 6) is -0.974. The van der Waals surface area contributed by atoms with Crippen molar-refractivity contribution in [3.05, 3.63) is 75.1 Å². The first kappa shape index (κ1) is 18.7. The van der Waals surface area contributed by atoms with E-state index in [1.807, 2.05) is 0 Å². The van der Waals surface area contributed by atoms with Crippen molar-refractivity contribution in [3.8, 4) is 5.75 Å². The van der Waals surface area contributed by atoms with Gasteiger partial charge in [0.2, 0.25) is 11.5 Å². The van der Waals surface area contributed by atoms with Crippen molar-refractivity contribution in [2.24, 2.45) is 0 Å². The molecule has 0 unspecified atom stereocenters. The molecule has 2 aromatic carbocycles. The third-order valence-electron chi connectivity index (χ3n) is 3.92. The normalized spacial score (nSPS) is 11.8. The zero-order chi connectivity index (χ0) is 19.6. The summed E-state index contributed by atoms with van der Waals surface area (Å²) in [4.78, 5) is 36.9. The van der Waals surface area contributed by atoms with E-state index in [0.717, 1.165) is 6.07 Å². The monoisotopic (exact) mass is 386 g/mol. The Labute approximate surface area is 159 Å². The van der Waals surface area contributed by atoms with Gasteiger partial charge in [0, 0.05) is 16.7 Å². The van der Waals surface area contributed by atoms with Crippen molar-refractivity contribution < 1.29 is 23.5 Å². The number of fused-ring (bicyclic) bond motifs is 1. The number of benzene rings is 2. The molecule has 27 heavy (non-hydrogen) atoms. The number of ketones is 1. The Morgan fingerprint density at radius 3 is 2.44 bits per heavy atom. The van der Waals surface area contributed by atoms with Crippen molar-refractivity contribution in [1.29, 1.82) is 0 Å². The lowest BCUT2D eigenvalue weighted by atomic mass is 10.1. The molecule has 138 valence electrons. The van der Waals surface area contributed by atoms with Crippen LogP contribution in [-0.2, 0) is 4.74 Å². The van der Waals surface area contributed by atoms with Crippen LogP contribution >= 0.6 is 11.6 Å². The van der Waals surface area contributed by atoms with Gasteiger partial charge in [-0.25, -0.2) is 4.79 Å². The maximum absolute atomic E-state index is 12.4. The van der Waals surface area contributed by atoms with Gasteiger partial charge in [-0.2, -0.15) is 0 Å². The van der Waals surface area contributed by atoms with Gasteiger partial charge in [0.25, 0.3) is 0 Å². The van der Waals surface area contributed by atoms with Crippen molar-refractivity contribution in [2.75, 3.05) is 7.11 Å². The number of Topliss-reactive ketones (excluding diaryl/α,β-unsaturated/α-hetero) is 1. The molecule has 0 aliphatic carbocycles. The van der Waals surface area contributed by atoms with Crippen LogP contribution in [0.15, 0.2) is 57.7 Å². The minimum atomic E-state index is -1.06. The lowest BCUT2D eigenvalue weighted by molar-refractivity contribution is 0.0289. The van der Waals surface area contributed by atoms with Gasteiger partial charge in [-0.05, 0) is 49.4 Å². The lowest BCUT2D eigenvalue weighted by Gasteiger charge is -2.12. The fourth-order valence-corrected chi connectivity index (χ4v) is 2.66. The van der Waals surface area contributed by atoms with E-state index in [1.165, 1.54) is 32.2 Å². The number of carbonyl (C=O) groups is 2. The average Bonchev–Trinajstić information content (AvgIpc) is 2.67.